The van der Waals surface area contributed by atoms with E-state index < -0.39 is 6.10 Å². The molecule has 0 saturated heterocycles. The average molecular weight is 264 g/mol. The van der Waals surface area contributed by atoms with E-state index in [-0.39, 0.29) is 0 Å². The van der Waals surface area contributed by atoms with Crippen LogP contribution in [-0.4, -0.2) is 43.4 Å². The number of hydrogen-bond acceptors (Lipinski definition) is 4. The van der Waals surface area contributed by atoms with Crippen LogP contribution >= 0.6 is 0 Å². The van der Waals surface area contributed by atoms with Gasteiger partial charge in [0.2, 0.25) is 0 Å². The zero-order chi connectivity index (χ0) is 13.7. The fourth-order valence-electron chi connectivity index (χ4n) is 2.05. The van der Waals surface area contributed by atoms with Gasteiger partial charge in [0.25, 0.3) is 0 Å². The van der Waals surface area contributed by atoms with Crippen LogP contribution in [-0.2, 0) is 4.74 Å². The number of para-hydroxylation sites is 1. The second kappa shape index (κ2) is 6.89. The molecule has 3 N–H and O–H groups in total. The molecule has 0 heterocycles. The second-order valence-electron chi connectivity index (χ2n) is 5.43. The maximum atomic E-state index is 10.2. The summed E-state index contributed by atoms with van der Waals surface area (Å²) in [4.78, 5) is 2.07. The van der Waals surface area contributed by atoms with Crippen molar-refractivity contribution in [3.8, 4) is 0 Å². The molecule has 0 amide bonds. The van der Waals surface area contributed by atoms with Gasteiger partial charge in [0.1, 0.15) is 0 Å². The number of likely N-dealkylation sites (N-methyl/N-ethyl adjacent to an activating group) is 1. The third-order valence-corrected chi connectivity index (χ3v) is 3.51. The van der Waals surface area contributed by atoms with Crippen molar-refractivity contribution in [2.75, 3.05) is 39.1 Å². The predicted molar refractivity (Wildman–Crippen MR) is 76.9 cm³/mol. The standard InChI is InChI=1S/C15H24N2O2/c1-17(8-9-19-11-12-6-7-12)10-15(18)13-4-2-3-5-14(13)16/h2-5,12,15,18H,6-11,16H2,1H3. The largest absolute Gasteiger partial charge is 0.398 e. The summed E-state index contributed by atoms with van der Waals surface area (Å²) < 4.78 is 5.59. The minimum absolute atomic E-state index is 0.547. The highest BCUT2D eigenvalue weighted by Crippen LogP contribution is 2.28. The van der Waals surface area contributed by atoms with Crippen LogP contribution in [0.5, 0.6) is 0 Å². The molecule has 1 unspecified atom stereocenters. The first kappa shape index (κ1) is 14.3. The van der Waals surface area contributed by atoms with Gasteiger partial charge in [-0.3, -0.25) is 0 Å². The molecule has 2 rings (SSSR count). The van der Waals surface area contributed by atoms with E-state index in [1.165, 1.54) is 12.8 Å². The van der Waals surface area contributed by atoms with Crippen LogP contribution in [0, 0.1) is 5.92 Å². The third-order valence-electron chi connectivity index (χ3n) is 3.51. The van der Waals surface area contributed by atoms with Crippen molar-refractivity contribution < 1.29 is 9.84 Å². The molecule has 106 valence electrons. The van der Waals surface area contributed by atoms with Crippen LogP contribution in [0.4, 0.5) is 5.69 Å². The van der Waals surface area contributed by atoms with Gasteiger partial charge in [-0.1, -0.05) is 18.2 Å². The van der Waals surface area contributed by atoms with Crippen LogP contribution < -0.4 is 5.73 Å². The first-order valence-electron chi connectivity index (χ1n) is 6.95. The molecule has 0 aromatic heterocycles. The van der Waals surface area contributed by atoms with E-state index >= 15 is 0 Å². The number of hydrogen-bond donors (Lipinski definition) is 2. The number of nitrogens with two attached hydrogens (primary N) is 1. The molecule has 1 saturated carbocycles. The molecule has 1 atom stereocenters. The number of benzene rings is 1. The molecule has 19 heavy (non-hydrogen) atoms. The van der Waals surface area contributed by atoms with Gasteiger partial charge in [-0.25, -0.2) is 0 Å². The Kier molecular flexibility index (Phi) is 5.19. The summed E-state index contributed by atoms with van der Waals surface area (Å²) in [5.41, 5.74) is 7.30. The zero-order valence-electron chi connectivity index (χ0n) is 11.6. The number of nitrogens with zero attached hydrogens (tertiary/aromatic N) is 1. The van der Waals surface area contributed by atoms with Crippen LogP contribution in [0.3, 0.4) is 0 Å². The normalized spacial score (nSPS) is 16.8. The molecule has 0 bridgehead atoms. The number of nitrogen functional groups attached to an aromatic ring is 1. The number of aliphatic hydroxyl groups is 1. The highest BCUT2D eigenvalue weighted by Gasteiger charge is 2.21. The summed E-state index contributed by atoms with van der Waals surface area (Å²) in [5, 5.41) is 10.2. The van der Waals surface area contributed by atoms with E-state index in [1.807, 2.05) is 31.3 Å². The average Bonchev–Trinajstić information content (AvgIpc) is 3.19. The molecule has 1 aliphatic rings. The fourth-order valence-corrected chi connectivity index (χ4v) is 2.05. The Morgan fingerprint density at radius 1 is 1.42 bits per heavy atom. The monoisotopic (exact) mass is 264 g/mol. The molecule has 4 nitrogen and oxygen atoms in total. The Labute approximate surface area is 115 Å². The van der Waals surface area contributed by atoms with Crippen molar-refractivity contribution in [2.24, 2.45) is 5.92 Å². The highest BCUT2D eigenvalue weighted by atomic mass is 16.5. The maximum absolute atomic E-state index is 10.2. The highest BCUT2D eigenvalue weighted by molar-refractivity contribution is 5.47. The van der Waals surface area contributed by atoms with Crippen LogP contribution in [0.15, 0.2) is 24.3 Å². The van der Waals surface area contributed by atoms with E-state index in [0.29, 0.717) is 12.2 Å². The molecule has 0 aliphatic heterocycles. The van der Waals surface area contributed by atoms with Gasteiger partial charge in [0.05, 0.1) is 12.7 Å². The van der Waals surface area contributed by atoms with Crippen molar-refractivity contribution >= 4 is 5.69 Å². The predicted octanol–water partition coefficient (Wildman–Crippen LogP) is 1.66. The van der Waals surface area contributed by atoms with E-state index in [1.54, 1.807) is 0 Å². The summed E-state index contributed by atoms with van der Waals surface area (Å²) >= 11 is 0. The number of aliphatic hydroxyl groups excluding tert-OH is 1. The van der Waals surface area contributed by atoms with Gasteiger partial charge >= 0.3 is 0 Å². The van der Waals surface area contributed by atoms with E-state index in [2.05, 4.69) is 4.90 Å². The smallest absolute Gasteiger partial charge is 0.0936 e. The topological polar surface area (TPSA) is 58.7 Å². The lowest BCUT2D eigenvalue weighted by atomic mass is 10.1. The molecule has 1 aliphatic carbocycles. The summed E-state index contributed by atoms with van der Waals surface area (Å²) in [5.74, 6) is 0.806. The molecular weight excluding hydrogens is 240 g/mol. The lowest BCUT2D eigenvalue weighted by Gasteiger charge is -2.21. The van der Waals surface area contributed by atoms with Crippen molar-refractivity contribution in [3.05, 3.63) is 29.8 Å². The quantitative estimate of drug-likeness (QED) is 0.554. The third kappa shape index (κ3) is 4.82. The number of ether oxygens (including phenoxy) is 1. The first-order valence-corrected chi connectivity index (χ1v) is 6.95. The molecule has 4 heteroatoms. The van der Waals surface area contributed by atoms with Crippen molar-refractivity contribution in [3.63, 3.8) is 0 Å². The van der Waals surface area contributed by atoms with Gasteiger partial charge in [-0.15, -0.1) is 0 Å². The van der Waals surface area contributed by atoms with Gasteiger partial charge in [0.15, 0.2) is 0 Å². The van der Waals surface area contributed by atoms with Crippen molar-refractivity contribution in [1.29, 1.82) is 0 Å². The Morgan fingerprint density at radius 2 is 2.16 bits per heavy atom. The summed E-state index contributed by atoms with van der Waals surface area (Å²) in [7, 11) is 1.99. The molecule has 1 aromatic carbocycles. The lowest BCUT2D eigenvalue weighted by molar-refractivity contribution is 0.0796. The Bertz CT molecular complexity index is 393. The van der Waals surface area contributed by atoms with E-state index in [9.17, 15) is 5.11 Å². The zero-order valence-corrected chi connectivity index (χ0v) is 11.6. The second-order valence-corrected chi connectivity index (χ2v) is 5.43. The van der Waals surface area contributed by atoms with Crippen molar-refractivity contribution in [2.45, 2.75) is 18.9 Å². The van der Waals surface area contributed by atoms with Crippen molar-refractivity contribution in [1.82, 2.24) is 4.90 Å². The van der Waals surface area contributed by atoms with Gasteiger partial charge < -0.3 is 20.5 Å². The van der Waals surface area contributed by atoms with E-state index in [0.717, 1.165) is 31.2 Å². The molecule has 1 fully saturated rings. The van der Waals surface area contributed by atoms with Crippen LogP contribution in [0.2, 0.25) is 0 Å². The molecular formula is C15H24N2O2. The van der Waals surface area contributed by atoms with Crippen LogP contribution in [0.1, 0.15) is 24.5 Å². The molecule has 0 spiro atoms. The fraction of sp³-hybridized carbons (Fsp3) is 0.600. The number of anilines is 1. The Hall–Kier alpha value is -1.10. The minimum Gasteiger partial charge on any atom is -0.398 e. The summed E-state index contributed by atoms with van der Waals surface area (Å²) in [6.45, 7) is 3.02. The molecule has 0 radical (unpaired) electrons. The number of rotatable bonds is 8. The first-order chi connectivity index (χ1) is 9.16. The SMILES string of the molecule is CN(CCOCC1CC1)CC(O)c1ccccc1N. The van der Waals surface area contributed by atoms with E-state index in [4.69, 9.17) is 10.5 Å². The van der Waals surface area contributed by atoms with Gasteiger partial charge in [0, 0.05) is 30.9 Å². The van der Waals surface area contributed by atoms with Gasteiger partial charge in [-0.2, -0.15) is 0 Å². The van der Waals surface area contributed by atoms with Gasteiger partial charge in [-0.05, 0) is 31.9 Å². The minimum atomic E-state index is -0.547. The maximum Gasteiger partial charge on any atom is 0.0936 e. The Balaban J connectivity index is 1.68. The molecule has 1 aromatic rings. The lowest BCUT2D eigenvalue weighted by Crippen LogP contribution is -2.28. The summed E-state index contributed by atoms with van der Waals surface area (Å²) in [6.07, 6.45) is 2.10. The Morgan fingerprint density at radius 3 is 2.84 bits per heavy atom. The van der Waals surface area contributed by atoms with Crippen LogP contribution in [0.25, 0.3) is 0 Å². The summed E-state index contributed by atoms with van der Waals surface area (Å²) in [6, 6.07) is 7.46.